The Morgan fingerprint density at radius 3 is 2.60 bits per heavy atom. The van der Waals surface area contributed by atoms with Crippen LogP contribution in [0.25, 0.3) is 5.69 Å². The summed E-state index contributed by atoms with van der Waals surface area (Å²) in [6.45, 7) is 4.33. The number of hydrogen-bond donors (Lipinski definition) is 1. The van der Waals surface area contributed by atoms with E-state index in [0.717, 1.165) is 22.6 Å². The Balaban J connectivity index is 1.80. The van der Waals surface area contributed by atoms with Crippen LogP contribution in [0.1, 0.15) is 27.3 Å². The number of nitrogens with zero attached hydrogens (tertiary/aromatic N) is 4. The largest absolute Gasteiger partial charge is 0.479 e. The molecule has 0 unspecified atom stereocenters. The number of amides is 1. The molecule has 3 rings (SSSR count). The molecule has 25 heavy (non-hydrogen) atoms. The first-order valence-corrected chi connectivity index (χ1v) is 7.97. The van der Waals surface area contributed by atoms with Crippen LogP contribution in [0.5, 0.6) is 5.88 Å². The van der Waals surface area contributed by atoms with E-state index in [9.17, 15) is 4.79 Å². The highest BCUT2D eigenvalue weighted by Crippen LogP contribution is 2.19. The van der Waals surface area contributed by atoms with Crippen LogP contribution in [0.2, 0.25) is 0 Å². The zero-order valence-electron chi connectivity index (χ0n) is 14.8. The van der Waals surface area contributed by atoms with Gasteiger partial charge >= 0.3 is 0 Å². The second-order valence-corrected chi connectivity index (χ2v) is 5.81. The third-order valence-electron chi connectivity index (χ3n) is 4.10. The Morgan fingerprint density at radius 1 is 1.20 bits per heavy atom. The molecule has 0 aliphatic heterocycles. The van der Waals surface area contributed by atoms with Crippen molar-refractivity contribution in [3.63, 3.8) is 0 Å². The molecule has 1 amide bonds. The Bertz CT molecular complexity index is 896. The molecule has 0 saturated heterocycles. The molecule has 0 aliphatic rings. The van der Waals surface area contributed by atoms with Gasteiger partial charge in [-0.3, -0.25) is 9.48 Å². The van der Waals surface area contributed by atoms with E-state index in [1.807, 2.05) is 48.9 Å². The molecule has 1 N–H and O–H groups in total. The third kappa shape index (κ3) is 3.26. The summed E-state index contributed by atoms with van der Waals surface area (Å²) < 4.78 is 8.58. The van der Waals surface area contributed by atoms with Crippen molar-refractivity contribution in [1.29, 1.82) is 0 Å². The summed E-state index contributed by atoms with van der Waals surface area (Å²) in [7, 11) is 3.24. The lowest BCUT2D eigenvalue weighted by Crippen LogP contribution is -2.23. The minimum absolute atomic E-state index is 0.226. The number of rotatable bonds is 5. The highest BCUT2D eigenvalue weighted by molar-refractivity contribution is 5.96. The smallest absolute Gasteiger partial charge is 0.258 e. The van der Waals surface area contributed by atoms with Crippen molar-refractivity contribution in [1.82, 2.24) is 24.9 Å². The molecule has 2 aromatic heterocycles. The number of methoxy groups -OCH3 is 1. The molecule has 3 aromatic rings. The lowest BCUT2D eigenvalue weighted by atomic mass is 10.2. The van der Waals surface area contributed by atoms with Crippen LogP contribution in [0.4, 0.5) is 0 Å². The van der Waals surface area contributed by atoms with Crippen molar-refractivity contribution in [2.24, 2.45) is 7.05 Å². The molecule has 7 heteroatoms. The molecule has 0 fully saturated rings. The number of para-hydroxylation sites is 1. The Labute approximate surface area is 146 Å². The molecule has 2 heterocycles. The Kier molecular flexibility index (Phi) is 4.56. The van der Waals surface area contributed by atoms with Crippen LogP contribution >= 0.6 is 0 Å². The monoisotopic (exact) mass is 339 g/mol. The average molecular weight is 339 g/mol. The molecular weight excluding hydrogens is 318 g/mol. The van der Waals surface area contributed by atoms with E-state index in [1.54, 1.807) is 17.9 Å². The summed E-state index contributed by atoms with van der Waals surface area (Å²) in [4.78, 5) is 12.4. The summed E-state index contributed by atoms with van der Waals surface area (Å²) in [5.41, 5.74) is 4.30. The number of carbonyl (C=O) groups excluding carboxylic acids is 1. The van der Waals surface area contributed by atoms with Gasteiger partial charge in [-0.25, -0.2) is 4.68 Å². The van der Waals surface area contributed by atoms with Crippen molar-refractivity contribution in [2.75, 3.05) is 7.11 Å². The summed E-state index contributed by atoms with van der Waals surface area (Å²) in [6.07, 6.45) is 1.64. The topological polar surface area (TPSA) is 74.0 Å². The van der Waals surface area contributed by atoms with E-state index in [2.05, 4.69) is 15.5 Å². The Morgan fingerprint density at radius 2 is 1.92 bits per heavy atom. The van der Waals surface area contributed by atoms with Gasteiger partial charge in [0.05, 0.1) is 18.5 Å². The lowest BCUT2D eigenvalue weighted by Gasteiger charge is -2.07. The fourth-order valence-corrected chi connectivity index (χ4v) is 2.79. The van der Waals surface area contributed by atoms with Crippen LogP contribution in [-0.2, 0) is 13.6 Å². The highest BCUT2D eigenvalue weighted by atomic mass is 16.5. The van der Waals surface area contributed by atoms with Gasteiger partial charge in [-0.2, -0.15) is 5.10 Å². The van der Waals surface area contributed by atoms with E-state index in [-0.39, 0.29) is 5.91 Å². The number of ether oxygens (including phenoxy) is 1. The Hall–Kier alpha value is -3.09. The lowest BCUT2D eigenvalue weighted by molar-refractivity contribution is 0.0947. The number of nitrogens with one attached hydrogen (secondary N) is 1. The maximum absolute atomic E-state index is 12.4. The van der Waals surface area contributed by atoms with Crippen molar-refractivity contribution < 1.29 is 9.53 Å². The second kappa shape index (κ2) is 6.80. The molecule has 7 nitrogen and oxygen atoms in total. The average Bonchev–Trinajstić information content (AvgIpc) is 3.13. The van der Waals surface area contributed by atoms with Gasteiger partial charge in [-0.1, -0.05) is 18.2 Å². The van der Waals surface area contributed by atoms with Crippen LogP contribution in [0.15, 0.2) is 36.5 Å². The van der Waals surface area contributed by atoms with Gasteiger partial charge in [0.2, 0.25) is 5.88 Å². The molecule has 0 bridgehead atoms. The number of hydrogen-bond acceptors (Lipinski definition) is 4. The number of carbonyl (C=O) groups is 1. The molecule has 1 aromatic carbocycles. The van der Waals surface area contributed by atoms with Crippen LogP contribution < -0.4 is 10.1 Å². The zero-order chi connectivity index (χ0) is 18.0. The fraction of sp³-hybridized carbons (Fsp3) is 0.278. The predicted molar refractivity (Wildman–Crippen MR) is 94.0 cm³/mol. The number of aromatic nitrogens is 4. The fourth-order valence-electron chi connectivity index (χ4n) is 2.79. The molecule has 130 valence electrons. The van der Waals surface area contributed by atoms with Gasteiger partial charge in [0, 0.05) is 31.0 Å². The van der Waals surface area contributed by atoms with E-state index in [0.29, 0.717) is 18.0 Å². The van der Waals surface area contributed by atoms with E-state index in [4.69, 9.17) is 4.74 Å². The van der Waals surface area contributed by atoms with Gasteiger partial charge in [-0.05, 0) is 26.0 Å². The van der Waals surface area contributed by atoms with Crippen molar-refractivity contribution >= 4 is 5.91 Å². The molecular formula is C18H21N5O2. The quantitative estimate of drug-likeness (QED) is 0.773. The van der Waals surface area contributed by atoms with Gasteiger partial charge in [0.1, 0.15) is 5.56 Å². The van der Waals surface area contributed by atoms with Gasteiger partial charge < -0.3 is 10.1 Å². The summed E-state index contributed by atoms with van der Waals surface area (Å²) >= 11 is 0. The maximum Gasteiger partial charge on any atom is 0.258 e. The standard InChI is InChI=1S/C18H21N5O2/c1-12-15(13(2)23(20-12)14-8-6-5-7-9-14)10-19-17(24)16-11-22(3)21-18(16)25-4/h5-9,11H,10H2,1-4H3,(H,19,24). The van der Waals surface area contributed by atoms with Crippen LogP contribution in [-0.4, -0.2) is 32.6 Å². The summed E-state index contributed by atoms with van der Waals surface area (Å²) in [5, 5.41) is 11.6. The molecule has 0 saturated carbocycles. The minimum atomic E-state index is -0.226. The first-order valence-electron chi connectivity index (χ1n) is 7.97. The number of benzene rings is 1. The SMILES string of the molecule is COc1nn(C)cc1C(=O)NCc1c(C)nn(-c2ccccc2)c1C. The third-order valence-corrected chi connectivity index (χ3v) is 4.10. The second-order valence-electron chi connectivity index (χ2n) is 5.81. The van der Waals surface area contributed by atoms with Gasteiger partial charge in [-0.15, -0.1) is 5.10 Å². The van der Waals surface area contributed by atoms with Crippen molar-refractivity contribution in [2.45, 2.75) is 20.4 Å². The van der Waals surface area contributed by atoms with Crippen LogP contribution in [0, 0.1) is 13.8 Å². The minimum Gasteiger partial charge on any atom is -0.479 e. The molecule has 0 aliphatic carbocycles. The van der Waals surface area contributed by atoms with E-state index < -0.39 is 0 Å². The van der Waals surface area contributed by atoms with Crippen LogP contribution in [0.3, 0.4) is 0 Å². The van der Waals surface area contributed by atoms with E-state index >= 15 is 0 Å². The molecule has 0 spiro atoms. The zero-order valence-corrected chi connectivity index (χ0v) is 14.8. The predicted octanol–water partition coefficient (Wildman–Crippen LogP) is 2.16. The van der Waals surface area contributed by atoms with Gasteiger partial charge in [0.15, 0.2) is 0 Å². The highest BCUT2D eigenvalue weighted by Gasteiger charge is 2.18. The maximum atomic E-state index is 12.4. The summed E-state index contributed by atoms with van der Waals surface area (Å²) in [5.74, 6) is 0.0876. The molecule has 0 radical (unpaired) electrons. The number of aryl methyl sites for hydroxylation is 2. The van der Waals surface area contributed by atoms with E-state index in [1.165, 1.54) is 7.11 Å². The normalized spacial score (nSPS) is 10.7. The first kappa shape index (κ1) is 16.8. The molecule has 0 atom stereocenters. The first-order chi connectivity index (χ1) is 12.0. The van der Waals surface area contributed by atoms with Gasteiger partial charge in [0.25, 0.3) is 5.91 Å². The summed E-state index contributed by atoms with van der Waals surface area (Å²) in [6, 6.07) is 9.92. The van der Waals surface area contributed by atoms with Crippen molar-refractivity contribution in [3.8, 4) is 11.6 Å². The van der Waals surface area contributed by atoms with Crippen molar-refractivity contribution in [3.05, 3.63) is 59.0 Å².